The van der Waals surface area contributed by atoms with Crippen molar-refractivity contribution in [3.63, 3.8) is 0 Å². The quantitative estimate of drug-likeness (QED) is 0.400. The minimum Gasteiger partial charge on any atom is -0.396 e. The van der Waals surface area contributed by atoms with Gasteiger partial charge in [0.1, 0.15) is 0 Å². The molecule has 0 aromatic heterocycles. The highest BCUT2D eigenvalue weighted by molar-refractivity contribution is 4.43. The van der Waals surface area contributed by atoms with E-state index in [0.29, 0.717) is 6.54 Å². The van der Waals surface area contributed by atoms with E-state index in [0.717, 1.165) is 6.42 Å². The van der Waals surface area contributed by atoms with Gasteiger partial charge in [0.15, 0.2) is 0 Å². The molecule has 0 saturated carbocycles. The second kappa shape index (κ2) is 11.6. The molecule has 0 spiro atoms. The second-order valence-corrected chi connectivity index (χ2v) is 2.03. The normalized spacial score (nSPS) is 11.7. The maximum atomic E-state index is 8.02. The number of rotatable bonds is 3. The van der Waals surface area contributed by atoms with Crippen molar-refractivity contribution in [1.82, 2.24) is 0 Å². The standard InChI is InChI=1S/2C3H9NO/c1-3(4)2-5;4-2-1-3-5/h3,5H,2,4H2,1H3;5H,1-4H2. The van der Waals surface area contributed by atoms with Gasteiger partial charge in [0.25, 0.3) is 0 Å². The molecule has 0 aromatic carbocycles. The van der Waals surface area contributed by atoms with Crippen LogP contribution >= 0.6 is 0 Å². The van der Waals surface area contributed by atoms with E-state index in [9.17, 15) is 0 Å². The molecule has 0 aliphatic carbocycles. The molecule has 0 bridgehead atoms. The molecule has 0 radical (unpaired) electrons. The van der Waals surface area contributed by atoms with E-state index in [4.69, 9.17) is 21.7 Å². The number of nitrogens with two attached hydrogens (primary N) is 2. The molecule has 1 atom stereocenters. The summed E-state index contributed by atoms with van der Waals surface area (Å²) in [5, 5.41) is 16.0. The average Bonchev–Trinajstić information content (AvgIpc) is 1.91. The van der Waals surface area contributed by atoms with Crippen LogP contribution in [0.25, 0.3) is 0 Å². The van der Waals surface area contributed by atoms with Crippen molar-refractivity contribution in [2.24, 2.45) is 11.5 Å². The van der Waals surface area contributed by atoms with Crippen molar-refractivity contribution in [3.05, 3.63) is 0 Å². The Balaban J connectivity index is 0. The SMILES string of the molecule is CC(N)CO.NCCCO. The van der Waals surface area contributed by atoms with E-state index >= 15 is 0 Å². The van der Waals surface area contributed by atoms with Crippen LogP contribution in [0.2, 0.25) is 0 Å². The molecule has 4 nitrogen and oxygen atoms in total. The molecule has 10 heavy (non-hydrogen) atoms. The first-order valence-electron chi connectivity index (χ1n) is 3.36. The molecule has 6 N–H and O–H groups in total. The van der Waals surface area contributed by atoms with Crippen LogP contribution in [0.1, 0.15) is 13.3 Å². The lowest BCUT2D eigenvalue weighted by Crippen LogP contribution is -2.18. The van der Waals surface area contributed by atoms with Crippen LogP contribution < -0.4 is 11.5 Å². The van der Waals surface area contributed by atoms with Crippen LogP contribution in [-0.2, 0) is 0 Å². The van der Waals surface area contributed by atoms with E-state index in [1.807, 2.05) is 0 Å². The molecule has 0 fully saturated rings. The molecule has 4 heteroatoms. The maximum Gasteiger partial charge on any atom is 0.0579 e. The number of hydrogen-bond donors (Lipinski definition) is 4. The molecular formula is C6H18N2O2. The molecule has 0 aliphatic heterocycles. The number of hydrogen-bond acceptors (Lipinski definition) is 4. The zero-order valence-corrected chi connectivity index (χ0v) is 6.45. The van der Waals surface area contributed by atoms with E-state index in [2.05, 4.69) is 0 Å². The molecule has 0 aliphatic rings. The van der Waals surface area contributed by atoms with Crippen molar-refractivity contribution >= 4 is 0 Å². The van der Waals surface area contributed by atoms with Gasteiger partial charge in [-0.3, -0.25) is 0 Å². The molecule has 0 aromatic rings. The lowest BCUT2D eigenvalue weighted by atomic mass is 10.4. The summed E-state index contributed by atoms with van der Waals surface area (Å²) in [5.41, 5.74) is 10.0. The largest absolute Gasteiger partial charge is 0.396 e. The zero-order valence-electron chi connectivity index (χ0n) is 6.45. The molecule has 1 unspecified atom stereocenters. The predicted molar refractivity (Wildman–Crippen MR) is 41.5 cm³/mol. The minimum atomic E-state index is -0.0602. The highest BCUT2D eigenvalue weighted by atomic mass is 16.3. The van der Waals surface area contributed by atoms with Crippen molar-refractivity contribution in [2.75, 3.05) is 19.8 Å². The summed E-state index contributed by atoms with van der Waals surface area (Å²) in [6, 6.07) is -0.0602. The third-order valence-corrected chi connectivity index (χ3v) is 0.650. The fraction of sp³-hybridized carbons (Fsp3) is 1.00. The Bertz CT molecular complexity index is 49.0. The molecule has 0 heterocycles. The van der Waals surface area contributed by atoms with E-state index in [1.165, 1.54) is 0 Å². The summed E-state index contributed by atoms with van der Waals surface area (Å²) in [7, 11) is 0. The van der Waals surface area contributed by atoms with Gasteiger partial charge in [0.05, 0.1) is 6.61 Å². The van der Waals surface area contributed by atoms with Crippen LogP contribution in [0.5, 0.6) is 0 Å². The highest BCUT2D eigenvalue weighted by Gasteiger charge is 1.81. The van der Waals surface area contributed by atoms with Gasteiger partial charge < -0.3 is 21.7 Å². The van der Waals surface area contributed by atoms with Crippen molar-refractivity contribution < 1.29 is 10.2 Å². The van der Waals surface area contributed by atoms with Gasteiger partial charge in [-0.2, -0.15) is 0 Å². The van der Waals surface area contributed by atoms with Crippen molar-refractivity contribution in [2.45, 2.75) is 19.4 Å². The average molecular weight is 150 g/mol. The van der Waals surface area contributed by atoms with Gasteiger partial charge in [0, 0.05) is 12.6 Å². The second-order valence-electron chi connectivity index (χ2n) is 2.03. The Hall–Kier alpha value is -0.160. The van der Waals surface area contributed by atoms with Crippen molar-refractivity contribution in [3.8, 4) is 0 Å². The Kier molecular flexibility index (Phi) is 14.5. The Labute approximate surface area is 61.8 Å². The van der Waals surface area contributed by atoms with E-state index < -0.39 is 0 Å². The summed E-state index contributed by atoms with van der Waals surface area (Å²) in [5.74, 6) is 0. The molecule has 0 saturated heterocycles. The Morgan fingerprint density at radius 1 is 1.40 bits per heavy atom. The third-order valence-electron chi connectivity index (χ3n) is 0.650. The minimum absolute atomic E-state index is 0.0602. The first kappa shape index (κ1) is 12.5. The highest BCUT2D eigenvalue weighted by Crippen LogP contribution is 1.62. The topological polar surface area (TPSA) is 92.5 Å². The molecule has 0 rings (SSSR count). The van der Waals surface area contributed by atoms with Gasteiger partial charge in [-0.05, 0) is 19.9 Å². The summed E-state index contributed by atoms with van der Waals surface area (Å²) in [6.45, 7) is 2.65. The molecule has 0 amide bonds. The van der Waals surface area contributed by atoms with Crippen molar-refractivity contribution in [1.29, 1.82) is 0 Å². The van der Waals surface area contributed by atoms with E-state index in [-0.39, 0.29) is 19.3 Å². The maximum absolute atomic E-state index is 8.02. The summed E-state index contributed by atoms with van der Waals surface area (Å²) in [6.07, 6.45) is 0.722. The van der Waals surface area contributed by atoms with Gasteiger partial charge in [-0.25, -0.2) is 0 Å². The lowest BCUT2D eigenvalue weighted by molar-refractivity contribution is 0.273. The van der Waals surface area contributed by atoms with Crippen LogP contribution in [-0.4, -0.2) is 36.0 Å². The third kappa shape index (κ3) is 24.9. The van der Waals surface area contributed by atoms with Gasteiger partial charge in [0.2, 0.25) is 0 Å². The molecular weight excluding hydrogens is 132 g/mol. The molecule has 64 valence electrons. The van der Waals surface area contributed by atoms with Crippen LogP contribution in [0.3, 0.4) is 0 Å². The van der Waals surface area contributed by atoms with Gasteiger partial charge in [-0.1, -0.05) is 0 Å². The summed E-state index contributed by atoms with van der Waals surface area (Å²) in [4.78, 5) is 0. The van der Waals surface area contributed by atoms with Gasteiger partial charge in [-0.15, -0.1) is 0 Å². The first-order chi connectivity index (χ1) is 4.68. The zero-order chi connectivity index (χ0) is 8.41. The number of aliphatic hydroxyl groups excluding tert-OH is 2. The Morgan fingerprint density at radius 3 is 1.80 bits per heavy atom. The smallest absolute Gasteiger partial charge is 0.0579 e. The van der Waals surface area contributed by atoms with E-state index in [1.54, 1.807) is 6.92 Å². The lowest BCUT2D eigenvalue weighted by Gasteiger charge is -1.91. The van der Waals surface area contributed by atoms with Crippen LogP contribution in [0.15, 0.2) is 0 Å². The van der Waals surface area contributed by atoms with Crippen LogP contribution in [0.4, 0.5) is 0 Å². The fourth-order valence-corrected chi connectivity index (χ4v) is 0.0913. The Morgan fingerprint density at radius 2 is 1.80 bits per heavy atom. The number of aliphatic hydroxyl groups is 2. The monoisotopic (exact) mass is 150 g/mol. The van der Waals surface area contributed by atoms with Gasteiger partial charge >= 0.3 is 0 Å². The summed E-state index contributed by atoms with van der Waals surface area (Å²) >= 11 is 0. The van der Waals surface area contributed by atoms with Crippen LogP contribution in [0, 0.1) is 0 Å². The fourth-order valence-electron chi connectivity index (χ4n) is 0.0913. The first-order valence-corrected chi connectivity index (χ1v) is 3.36. The summed E-state index contributed by atoms with van der Waals surface area (Å²) < 4.78 is 0. The predicted octanol–water partition coefficient (Wildman–Crippen LogP) is -1.35.